The predicted octanol–water partition coefficient (Wildman–Crippen LogP) is 3.35. The molecule has 0 aliphatic rings. The Morgan fingerprint density at radius 3 is 2.80 bits per heavy atom. The second-order valence-corrected chi connectivity index (χ2v) is 4.24. The number of aromatic nitrogens is 2. The molecule has 2 nitrogen and oxygen atoms in total. The first-order chi connectivity index (χ1) is 7.31. The van der Waals surface area contributed by atoms with Gasteiger partial charge in [0, 0.05) is 24.0 Å². The van der Waals surface area contributed by atoms with Gasteiger partial charge < -0.3 is 0 Å². The molecule has 0 radical (unpaired) electrons. The third-order valence-electron chi connectivity index (χ3n) is 2.35. The minimum atomic E-state index is 0.960. The summed E-state index contributed by atoms with van der Waals surface area (Å²) in [5.41, 5.74) is 2.51. The first-order valence-electron chi connectivity index (χ1n) is 5.58. The highest BCUT2D eigenvalue weighted by Crippen LogP contribution is 2.07. The van der Waals surface area contributed by atoms with Crippen LogP contribution in [0, 0.1) is 0 Å². The fourth-order valence-electron chi connectivity index (χ4n) is 1.51. The average Bonchev–Trinajstić information content (AvgIpc) is 2.67. The first kappa shape index (κ1) is 12.5. The molecule has 1 aromatic rings. The molecule has 0 saturated carbocycles. The van der Waals surface area contributed by atoms with Crippen LogP contribution in [0.25, 0.3) is 0 Å². The van der Waals surface area contributed by atoms with Crippen LogP contribution in [0.4, 0.5) is 0 Å². The molecule has 0 aromatic carbocycles. The zero-order valence-electron chi connectivity index (χ0n) is 9.54. The zero-order valence-corrected chi connectivity index (χ0v) is 11.1. The molecule has 3 heteroatoms. The van der Waals surface area contributed by atoms with Gasteiger partial charge in [-0.15, -0.1) is 0 Å². The fraction of sp³-hybridized carbons (Fsp3) is 0.583. The van der Waals surface area contributed by atoms with Crippen LogP contribution in [-0.2, 0) is 19.4 Å². The molecule has 0 N–H and O–H groups in total. The van der Waals surface area contributed by atoms with Gasteiger partial charge in [-0.1, -0.05) is 35.0 Å². The summed E-state index contributed by atoms with van der Waals surface area (Å²) in [6.45, 7) is 5.24. The lowest BCUT2D eigenvalue weighted by Gasteiger charge is -2.00. The third kappa shape index (κ3) is 3.82. The molecule has 0 spiro atoms. The lowest BCUT2D eigenvalue weighted by atomic mass is 10.2. The maximum absolute atomic E-state index is 4.52. The predicted molar refractivity (Wildman–Crippen MR) is 68.5 cm³/mol. The largest absolute Gasteiger partial charge is 0.269 e. The minimum Gasteiger partial charge on any atom is -0.269 e. The summed E-state index contributed by atoms with van der Waals surface area (Å²) in [7, 11) is 0. The van der Waals surface area contributed by atoms with Gasteiger partial charge >= 0.3 is 0 Å². The van der Waals surface area contributed by atoms with Crippen molar-refractivity contribution in [2.45, 2.75) is 39.7 Å². The van der Waals surface area contributed by atoms with Crippen molar-refractivity contribution >= 4 is 15.9 Å². The highest BCUT2D eigenvalue weighted by molar-refractivity contribution is 9.09. The second kappa shape index (κ2) is 6.83. The van der Waals surface area contributed by atoms with Gasteiger partial charge in [0.05, 0.1) is 5.69 Å². The molecule has 1 aromatic heterocycles. The third-order valence-corrected chi connectivity index (χ3v) is 2.80. The second-order valence-electron chi connectivity index (χ2n) is 3.45. The van der Waals surface area contributed by atoms with Crippen LogP contribution < -0.4 is 0 Å². The van der Waals surface area contributed by atoms with Crippen LogP contribution in [-0.4, -0.2) is 15.1 Å². The molecular weight excluding hydrogens is 252 g/mol. The summed E-state index contributed by atoms with van der Waals surface area (Å²) in [5, 5.41) is 5.56. The normalized spacial score (nSPS) is 11.4. The highest BCUT2D eigenvalue weighted by atomic mass is 79.9. The van der Waals surface area contributed by atoms with E-state index < -0.39 is 0 Å². The standard InChI is InChI=1S/C12H19BrN2/c1-3-11-10-12(15(4-2)14-11)8-6-5-7-9-13/h5-6,10H,3-4,7-9H2,1-2H3. The smallest absolute Gasteiger partial charge is 0.0624 e. The Kier molecular flexibility index (Phi) is 5.69. The van der Waals surface area contributed by atoms with Crippen molar-refractivity contribution in [1.82, 2.24) is 9.78 Å². The van der Waals surface area contributed by atoms with Gasteiger partial charge in [0.2, 0.25) is 0 Å². The molecule has 15 heavy (non-hydrogen) atoms. The summed E-state index contributed by atoms with van der Waals surface area (Å²) in [6.07, 6.45) is 7.55. The van der Waals surface area contributed by atoms with Crippen LogP contribution in [0.2, 0.25) is 0 Å². The SMILES string of the molecule is CCc1cc(CC=CCCBr)n(CC)n1. The average molecular weight is 271 g/mol. The molecule has 0 fully saturated rings. The molecule has 0 bridgehead atoms. The fourth-order valence-corrected chi connectivity index (χ4v) is 1.78. The van der Waals surface area contributed by atoms with Crippen molar-refractivity contribution in [3.63, 3.8) is 0 Å². The van der Waals surface area contributed by atoms with Gasteiger partial charge in [0.1, 0.15) is 0 Å². The Hall–Kier alpha value is -0.570. The summed E-state index contributed by atoms with van der Waals surface area (Å²) in [4.78, 5) is 0. The van der Waals surface area contributed by atoms with E-state index >= 15 is 0 Å². The Balaban J connectivity index is 2.62. The molecular formula is C12H19BrN2. The summed E-state index contributed by atoms with van der Waals surface area (Å²) >= 11 is 3.41. The van der Waals surface area contributed by atoms with E-state index in [0.29, 0.717) is 0 Å². The lowest BCUT2D eigenvalue weighted by Crippen LogP contribution is -2.01. The molecule has 0 aliphatic heterocycles. The molecule has 1 rings (SSSR count). The van der Waals surface area contributed by atoms with Crippen molar-refractivity contribution in [3.05, 3.63) is 29.6 Å². The van der Waals surface area contributed by atoms with E-state index in [1.807, 2.05) is 0 Å². The van der Waals surface area contributed by atoms with Crippen LogP contribution in [0.3, 0.4) is 0 Å². The number of hydrogen-bond acceptors (Lipinski definition) is 1. The topological polar surface area (TPSA) is 17.8 Å². The molecule has 0 aliphatic carbocycles. The van der Waals surface area contributed by atoms with Crippen LogP contribution in [0.1, 0.15) is 31.7 Å². The maximum atomic E-state index is 4.52. The summed E-state index contributed by atoms with van der Waals surface area (Å²) < 4.78 is 2.09. The van der Waals surface area contributed by atoms with Crippen molar-refractivity contribution in [2.75, 3.05) is 5.33 Å². The maximum Gasteiger partial charge on any atom is 0.0624 e. The molecule has 1 heterocycles. The van der Waals surface area contributed by atoms with Crippen LogP contribution >= 0.6 is 15.9 Å². The lowest BCUT2D eigenvalue weighted by molar-refractivity contribution is 0.623. The number of nitrogens with zero attached hydrogens (tertiary/aromatic N) is 2. The molecule has 84 valence electrons. The van der Waals surface area contributed by atoms with Gasteiger partial charge in [-0.2, -0.15) is 5.10 Å². The number of rotatable bonds is 6. The summed E-state index contributed by atoms with van der Waals surface area (Å²) in [5.74, 6) is 0. The number of aryl methyl sites for hydroxylation is 2. The van der Waals surface area contributed by atoms with Crippen molar-refractivity contribution in [1.29, 1.82) is 0 Å². The number of alkyl halides is 1. The van der Waals surface area contributed by atoms with E-state index in [2.05, 4.69) is 57.8 Å². The highest BCUT2D eigenvalue weighted by Gasteiger charge is 2.02. The van der Waals surface area contributed by atoms with Gasteiger partial charge in [-0.05, 0) is 25.8 Å². The van der Waals surface area contributed by atoms with Gasteiger partial charge in [0.15, 0.2) is 0 Å². The minimum absolute atomic E-state index is 0.960. The van der Waals surface area contributed by atoms with E-state index in [1.165, 1.54) is 11.4 Å². The number of allylic oxidation sites excluding steroid dienone is 2. The zero-order chi connectivity index (χ0) is 11.1. The molecule has 0 amide bonds. The molecule has 0 atom stereocenters. The summed E-state index contributed by atoms with van der Waals surface area (Å²) in [6, 6.07) is 2.21. The van der Waals surface area contributed by atoms with Gasteiger partial charge in [-0.3, -0.25) is 4.68 Å². The van der Waals surface area contributed by atoms with Crippen molar-refractivity contribution < 1.29 is 0 Å². The van der Waals surface area contributed by atoms with E-state index in [1.54, 1.807) is 0 Å². The molecule has 0 unspecified atom stereocenters. The Labute approximate surface area is 101 Å². The van der Waals surface area contributed by atoms with Crippen molar-refractivity contribution in [2.24, 2.45) is 0 Å². The number of hydrogen-bond donors (Lipinski definition) is 0. The Morgan fingerprint density at radius 1 is 1.40 bits per heavy atom. The van der Waals surface area contributed by atoms with Gasteiger partial charge in [0.25, 0.3) is 0 Å². The Morgan fingerprint density at radius 2 is 2.20 bits per heavy atom. The van der Waals surface area contributed by atoms with E-state index in [-0.39, 0.29) is 0 Å². The van der Waals surface area contributed by atoms with Gasteiger partial charge in [-0.25, -0.2) is 0 Å². The number of halogens is 1. The van der Waals surface area contributed by atoms with Crippen LogP contribution in [0.15, 0.2) is 18.2 Å². The quantitative estimate of drug-likeness (QED) is 0.573. The van der Waals surface area contributed by atoms with E-state index in [0.717, 1.165) is 31.1 Å². The van der Waals surface area contributed by atoms with Crippen molar-refractivity contribution in [3.8, 4) is 0 Å². The first-order valence-corrected chi connectivity index (χ1v) is 6.70. The monoisotopic (exact) mass is 270 g/mol. The molecule has 0 saturated heterocycles. The Bertz CT molecular complexity index is 315. The van der Waals surface area contributed by atoms with E-state index in [9.17, 15) is 0 Å². The van der Waals surface area contributed by atoms with Crippen LogP contribution in [0.5, 0.6) is 0 Å². The van der Waals surface area contributed by atoms with E-state index in [4.69, 9.17) is 0 Å².